The van der Waals surface area contributed by atoms with Gasteiger partial charge in [0.25, 0.3) is 0 Å². The summed E-state index contributed by atoms with van der Waals surface area (Å²) in [6, 6.07) is 14.6. The van der Waals surface area contributed by atoms with Crippen molar-refractivity contribution in [2.24, 2.45) is 0 Å². The van der Waals surface area contributed by atoms with Crippen molar-refractivity contribution < 1.29 is 27.4 Å². The van der Waals surface area contributed by atoms with Crippen LogP contribution in [-0.4, -0.2) is 35.1 Å². The van der Waals surface area contributed by atoms with Crippen LogP contribution in [0.1, 0.15) is 67.7 Å². The summed E-state index contributed by atoms with van der Waals surface area (Å²) in [5.41, 5.74) is -0.172. The Hall–Kier alpha value is -3.05. The number of hydrogen-bond acceptors (Lipinski definition) is 5. The number of carbonyl (C=O) groups is 1. The Balaban J connectivity index is 1.35. The summed E-state index contributed by atoms with van der Waals surface area (Å²) in [6.07, 6.45) is 0.393. The van der Waals surface area contributed by atoms with Gasteiger partial charge in [-0.3, -0.25) is 9.69 Å². The minimum absolute atomic E-state index is 0.115. The van der Waals surface area contributed by atoms with E-state index >= 15 is 0 Å². The molecule has 0 radical (unpaired) electrons. The number of piperidine rings is 1. The number of benzene rings is 2. The Morgan fingerprint density at radius 1 is 1.14 bits per heavy atom. The lowest BCUT2D eigenvalue weighted by Crippen LogP contribution is -2.51. The Bertz CT molecular complexity index is 1130. The van der Waals surface area contributed by atoms with Crippen molar-refractivity contribution in [3.63, 3.8) is 0 Å². The van der Waals surface area contributed by atoms with Crippen LogP contribution in [0.3, 0.4) is 0 Å². The van der Waals surface area contributed by atoms with Crippen LogP contribution < -0.4 is 4.74 Å². The molecule has 3 aliphatic rings. The molecule has 2 aromatic carbocycles. The van der Waals surface area contributed by atoms with E-state index in [4.69, 9.17) is 9.47 Å². The third kappa shape index (κ3) is 5.01. The van der Waals surface area contributed by atoms with E-state index in [2.05, 4.69) is 11.0 Å². The fourth-order valence-electron chi connectivity index (χ4n) is 6.00. The van der Waals surface area contributed by atoms with Crippen LogP contribution >= 0.6 is 0 Å². The Labute approximate surface area is 202 Å². The second-order valence-electron chi connectivity index (χ2n) is 9.85. The maximum atomic E-state index is 13.4. The van der Waals surface area contributed by atoms with E-state index in [1.165, 1.54) is 6.07 Å². The average Bonchev–Trinajstić information content (AvgIpc) is 3.31. The van der Waals surface area contributed by atoms with Crippen molar-refractivity contribution in [3.8, 4) is 11.8 Å². The van der Waals surface area contributed by atoms with Crippen LogP contribution in [0.4, 0.5) is 13.2 Å². The maximum absolute atomic E-state index is 13.4. The molecule has 3 atom stereocenters. The fourth-order valence-corrected chi connectivity index (χ4v) is 6.00. The lowest BCUT2D eigenvalue weighted by atomic mass is 9.83. The Kier molecular flexibility index (Phi) is 6.22. The first-order chi connectivity index (χ1) is 16.7. The predicted octanol–water partition coefficient (Wildman–Crippen LogP) is 5.79. The zero-order valence-electron chi connectivity index (χ0n) is 19.3. The molecule has 0 aliphatic carbocycles. The van der Waals surface area contributed by atoms with Crippen molar-refractivity contribution in [2.45, 2.75) is 74.9 Å². The van der Waals surface area contributed by atoms with E-state index < -0.39 is 17.8 Å². The van der Waals surface area contributed by atoms with Gasteiger partial charge in [-0.05, 0) is 55.2 Å². The fraction of sp³-hybridized carbons (Fsp3) is 0.481. The molecular weight excluding hydrogens is 457 g/mol. The third-order valence-corrected chi connectivity index (χ3v) is 7.58. The number of rotatable bonds is 6. The summed E-state index contributed by atoms with van der Waals surface area (Å²) in [4.78, 5) is 14.2. The highest BCUT2D eigenvalue weighted by atomic mass is 19.4. The highest BCUT2D eigenvalue weighted by molar-refractivity contribution is 5.72. The van der Waals surface area contributed by atoms with Gasteiger partial charge in [-0.1, -0.05) is 18.2 Å². The maximum Gasteiger partial charge on any atom is 0.416 e. The number of alkyl halides is 3. The van der Waals surface area contributed by atoms with Gasteiger partial charge in [0.1, 0.15) is 17.5 Å². The lowest BCUT2D eigenvalue weighted by molar-refractivity contribution is -0.154. The van der Waals surface area contributed by atoms with Gasteiger partial charge in [-0.25, -0.2) is 0 Å². The van der Waals surface area contributed by atoms with Crippen molar-refractivity contribution >= 4 is 5.97 Å². The SMILES string of the molecule is N#Cc1cccc(OC(CCN2C3CCC2CC2(CCC(=O)O2)C3)c2cccc(C(F)(F)F)c2)c1. The van der Waals surface area contributed by atoms with Crippen molar-refractivity contribution in [1.29, 1.82) is 5.26 Å². The highest BCUT2D eigenvalue weighted by Crippen LogP contribution is 2.47. The van der Waals surface area contributed by atoms with Gasteiger partial charge in [0.2, 0.25) is 0 Å². The van der Waals surface area contributed by atoms with Gasteiger partial charge in [0.05, 0.1) is 17.2 Å². The highest BCUT2D eigenvalue weighted by Gasteiger charge is 2.52. The zero-order valence-corrected chi connectivity index (χ0v) is 19.3. The molecule has 5 nitrogen and oxygen atoms in total. The molecule has 0 N–H and O–H groups in total. The normalized spacial score (nSPS) is 27.0. The zero-order chi connectivity index (χ0) is 24.6. The van der Waals surface area contributed by atoms with Gasteiger partial charge in [0, 0.05) is 44.3 Å². The predicted molar refractivity (Wildman–Crippen MR) is 121 cm³/mol. The summed E-state index contributed by atoms with van der Waals surface area (Å²) in [6.45, 7) is 0.665. The second kappa shape index (κ2) is 9.19. The van der Waals surface area contributed by atoms with E-state index in [1.807, 2.05) is 0 Å². The number of halogens is 3. The molecule has 5 rings (SSSR count). The van der Waals surface area contributed by atoms with Crippen LogP contribution in [0.25, 0.3) is 0 Å². The summed E-state index contributed by atoms with van der Waals surface area (Å²) < 4.78 is 52.1. The first kappa shape index (κ1) is 23.7. The number of carbonyl (C=O) groups excluding carboxylic acids is 1. The molecule has 35 heavy (non-hydrogen) atoms. The summed E-state index contributed by atoms with van der Waals surface area (Å²) in [5.74, 6) is 0.334. The first-order valence-electron chi connectivity index (χ1n) is 12.1. The molecule has 3 saturated heterocycles. The number of fused-ring (bicyclic) bond motifs is 2. The monoisotopic (exact) mass is 484 g/mol. The average molecular weight is 485 g/mol. The molecular formula is C27H27F3N2O3. The van der Waals surface area contributed by atoms with Gasteiger partial charge < -0.3 is 9.47 Å². The van der Waals surface area contributed by atoms with Gasteiger partial charge in [-0.15, -0.1) is 0 Å². The van der Waals surface area contributed by atoms with Crippen LogP contribution in [0.15, 0.2) is 48.5 Å². The van der Waals surface area contributed by atoms with Crippen molar-refractivity contribution in [3.05, 3.63) is 65.2 Å². The number of nitrogens with zero attached hydrogens (tertiary/aromatic N) is 2. The molecule has 184 valence electrons. The quantitative estimate of drug-likeness (QED) is 0.486. The van der Waals surface area contributed by atoms with Crippen molar-refractivity contribution in [1.82, 2.24) is 4.90 Å². The first-order valence-corrected chi connectivity index (χ1v) is 12.1. The molecule has 0 amide bonds. The molecule has 3 aliphatic heterocycles. The Morgan fingerprint density at radius 3 is 2.54 bits per heavy atom. The molecule has 2 bridgehead atoms. The Morgan fingerprint density at radius 2 is 1.89 bits per heavy atom. The number of esters is 1. The largest absolute Gasteiger partial charge is 0.486 e. The molecule has 1 spiro atoms. The van der Waals surface area contributed by atoms with E-state index in [0.29, 0.717) is 48.3 Å². The van der Waals surface area contributed by atoms with Gasteiger partial charge in [-0.2, -0.15) is 18.4 Å². The molecule has 3 heterocycles. The van der Waals surface area contributed by atoms with E-state index in [-0.39, 0.29) is 11.6 Å². The minimum atomic E-state index is -4.44. The van der Waals surface area contributed by atoms with Crippen molar-refractivity contribution in [2.75, 3.05) is 6.54 Å². The molecule has 3 unspecified atom stereocenters. The van der Waals surface area contributed by atoms with E-state index in [9.17, 15) is 23.2 Å². The van der Waals surface area contributed by atoms with Crippen LogP contribution in [0.2, 0.25) is 0 Å². The standard InChI is InChI=1S/C27H27F3N2O3/c28-27(29,30)20-5-2-4-19(14-20)24(34-23-6-1-3-18(13-23)17-31)10-12-32-21-7-8-22(32)16-26(15-21)11-9-25(33)35-26/h1-6,13-14,21-22,24H,7-12,15-16H2. The molecule has 0 saturated carbocycles. The summed E-state index contributed by atoms with van der Waals surface area (Å²) in [7, 11) is 0. The lowest BCUT2D eigenvalue weighted by Gasteiger charge is -2.44. The second-order valence-corrected chi connectivity index (χ2v) is 9.85. The van der Waals surface area contributed by atoms with Gasteiger partial charge in [0.15, 0.2) is 0 Å². The van der Waals surface area contributed by atoms with Gasteiger partial charge >= 0.3 is 12.1 Å². The smallest absolute Gasteiger partial charge is 0.416 e. The molecule has 3 fully saturated rings. The van der Waals surface area contributed by atoms with Crippen LogP contribution in [-0.2, 0) is 15.7 Å². The molecule has 2 aromatic rings. The van der Waals surface area contributed by atoms with Crippen LogP contribution in [0, 0.1) is 11.3 Å². The number of nitriles is 1. The third-order valence-electron chi connectivity index (χ3n) is 7.58. The minimum Gasteiger partial charge on any atom is -0.486 e. The number of ether oxygens (including phenoxy) is 2. The summed E-state index contributed by atoms with van der Waals surface area (Å²) >= 11 is 0. The molecule has 0 aromatic heterocycles. The summed E-state index contributed by atoms with van der Waals surface area (Å²) in [5, 5.41) is 9.21. The van der Waals surface area contributed by atoms with E-state index in [1.54, 1.807) is 30.3 Å². The number of hydrogen-bond donors (Lipinski definition) is 0. The molecule has 8 heteroatoms. The van der Waals surface area contributed by atoms with E-state index in [0.717, 1.165) is 44.2 Å². The van der Waals surface area contributed by atoms with Crippen LogP contribution in [0.5, 0.6) is 5.75 Å². The topological polar surface area (TPSA) is 62.6 Å².